The van der Waals surface area contributed by atoms with Gasteiger partial charge >= 0.3 is 12.3 Å². The minimum absolute atomic E-state index is 0.366. The summed E-state index contributed by atoms with van der Waals surface area (Å²) in [6.07, 6.45) is -2.35. The van der Waals surface area contributed by atoms with Crippen LogP contribution in [-0.4, -0.2) is 24.8 Å². The van der Waals surface area contributed by atoms with E-state index < -0.39 is 24.8 Å². The van der Waals surface area contributed by atoms with E-state index in [1.807, 2.05) is 19.1 Å². The molecule has 8 heteroatoms. The second kappa shape index (κ2) is 8.88. The molecule has 0 heterocycles. The zero-order valence-electron chi connectivity index (χ0n) is 14.2. The highest BCUT2D eigenvalue weighted by molar-refractivity contribution is 5.95. The van der Waals surface area contributed by atoms with Gasteiger partial charge in [0, 0.05) is 11.8 Å². The second-order valence-corrected chi connectivity index (χ2v) is 5.42. The molecule has 0 radical (unpaired) electrons. The lowest BCUT2D eigenvalue weighted by Crippen LogP contribution is -2.20. The summed E-state index contributed by atoms with van der Waals surface area (Å²) in [6, 6.07) is 12.1. The summed E-state index contributed by atoms with van der Waals surface area (Å²) >= 11 is 0. The number of rotatable bonds is 6. The Balaban J connectivity index is 1.81. The van der Waals surface area contributed by atoms with Crippen molar-refractivity contribution in [2.45, 2.75) is 13.3 Å². The molecule has 0 aliphatic rings. The molecule has 0 aliphatic carbocycles. The van der Waals surface area contributed by atoms with Crippen LogP contribution in [0.15, 0.2) is 54.6 Å². The lowest BCUT2D eigenvalue weighted by Gasteiger charge is -2.08. The first kappa shape index (κ1) is 20.0. The number of halogens is 3. The van der Waals surface area contributed by atoms with Crippen LogP contribution in [0.5, 0.6) is 5.75 Å². The monoisotopic (exact) mass is 379 g/mol. The van der Waals surface area contributed by atoms with Crippen LogP contribution in [0.25, 0.3) is 6.08 Å². The topological polar surface area (TPSA) is 64.6 Å². The predicted molar refractivity (Wildman–Crippen MR) is 92.9 cm³/mol. The Morgan fingerprint density at radius 1 is 1.07 bits per heavy atom. The summed E-state index contributed by atoms with van der Waals surface area (Å²) in [6.45, 7) is 1.37. The molecule has 0 saturated carbocycles. The highest BCUT2D eigenvalue weighted by Crippen LogP contribution is 2.23. The van der Waals surface area contributed by atoms with Gasteiger partial charge in [0.05, 0.1) is 0 Å². The number of carbonyl (C=O) groups excluding carboxylic acids is 2. The van der Waals surface area contributed by atoms with Crippen LogP contribution in [-0.2, 0) is 14.3 Å². The quantitative estimate of drug-likeness (QED) is 0.607. The molecule has 0 saturated heterocycles. The number of esters is 1. The molecule has 2 aromatic rings. The van der Waals surface area contributed by atoms with Crippen molar-refractivity contribution in [2.24, 2.45) is 0 Å². The number of ether oxygens (including phenoxy) is 2. The molecule has 0 aliphatic heterocycles. The number of amides is 1. The number of hydrogen-bond acceptors (Lipinski definition) is 4. The zero-order valence-corrected chi connectivity index (χ0v) is 14.2. The average Bonchev–Trinajstić information content (AvgIpc) is 2.60. The molecule has 5 nitrogen and oxygen atoms in total. The van der Waals surface area contributed by atoms with Gasteiger partial charge in [-0.2, -0.15) is 0 Å². The molecule has 0 unspecified atom stereocenters. The minimum Gasteiger partial charge on any atom is -0.452 e. The molecule has 0 aromatic heterocycles. The van der Waals surface area contributed by atoms with Crippen LogP contribution >= 0.6 is 0 Å². The van der Waals surface area contributed by atoms with Gasteiger partial charge in [-0.1, -0.05) is 30.3 Å². The van der Waals surface area contributed by atoms with Crippen molar-refractivity contribution in [3.05, 3.63) is 65.7 Å². The fourth-order valence-electron chi connectivity index (χ4n) is 2.03. The van der Waals surface area contributed by atoms with Crippen molar-refractivity contribution < 1.29 is 32.2 Å². The van der Waals surface area contributed by atoms with Crippen molar-refractivity contribution in [1.82, 2.24) is 0 Å². The molecule has 0 fully saturated rings. The van der Waals surface area contributed by atoms with Gasteiger partial charge in [-0.25, -0.2) is 4.79 Å². The van der Waals surface area contributed by atoms with E-state index in [0.717, 1.165) is 23.8 Å². The molecule has 142 valence electrons. The maximum atomic E-state index is 12.1. The maximum Gasteiger partial charge on any atom is 0.573 e. The van der Waals surface area contributed by atoms with Crippen molar-refractivity contribution in [3.63, 3.8) is 0 Å². The lowest BCUT2D eigenvalue weighted by molar-refractivity contribution is -0.274. The van der Waals surface area contributed by atoms with Crippen LogP contribution in [0.3, 0.4) is 0 Å². The van der Waals surface area contributed by atoms with Gasteiger partial charge in [0.2, 0.25) is 0 Å². The maximum absolute atomic E-state index is 12.1. The Labute approximate surface area is 153 Å². The smallest absolute Gasteiger partial charge is 0.452 e. The predicted octanol–water partition coefficient (Wildman–Crippen LogP) is 4.09. The first-order valence-corrected chi connectivity index (χ1v) is 7.79. The number of hydrogen-bond donors (Lipinski definition) is 1. The van der Waals surface area contributed by atoms with Crippen LogP contribution in [0.4, 0.5) is 18.9 Å². The number of nitrogens with one attached hydrogen (secondary N) is 1. The molecule has 1 N–H and O–H groups in total. The highest BCUT2D eigenvalue weighted by atomic mass is 19.4. The first-order valence-electron chi connectivity index (χ1n) is 7.79. The zero-order chi connectivity index (χ0) is 19.9. The first-order chi connectivity index (χ1) is 12.7. The van der Waals surface area contributed by atoms with Crippen LogP contribution in [0.2, 0.25) is 0 Å². The lowest BCUT2D eigenvalue weighted by atomic mass is 10.2. The number of benzene rings is 2. The third-order valence-electron chi connectivity index (χ3n) is 3.29. The SMILES string of the molecule is Cc1ccccc1NC(=O)COC(=O)/C=C/c1ccc(OC(F)(F)F)cc1. The van der Waals surface area contributed by atoms with Crippen molar-refractivity contribution in [1.29, 1.82) is 0 Å². The molecule has 0 bridgehead atoms. The third kappa shape index (κ3) is 7.23. The number of anilines is 1. The van der Waals surface area contributed by atoms with Gasteiger partial charge in [-0.3, -0.25) is 4.79 Å². The molecule has 0 atom stereocenters. The van der Waals surface area contributed by atoms with E-state index in [4.69, 9.17) is 4.74 Å². The van der Waals surface area contributed by atoms with Gasteiger partial charge < -0.3 is 14.8 Å². The molecular formula is C19H16F3NO4. The van der Waals surface area contributed by atoms with E-state index in [1.165, 1.54) is 18.2 Å². The standard InChI is InChI=1S/C19H16F3NO4/c1-13-4-2-3-5-16(13)23-17(24)12-26-18(25)11-8-14-6-9-15(10-7-14)27-19(20,21)22/h2-11H,12H2,1H3,(H,23,24)/b11-8+. The van der Waals surface area contributed by atoms with Crippen molar-refractivity contribution in [3.8, 4) is 5.75 Å². The van der Waals surface area contributed by atoms with E-state index in [-0.39, 0.29) is 5.75 Å². The molecule has 1 amide bonds. The fraction of sp³-hybridized carbons (Fsp3) is 0.158. The number of alkyl halides is 3. The summed E-state index contributed by atoms with van der Waals surface area (Å²) < 4.78 is 44.8. The molecule has 0 spiro atoms. The van der Waals surface area contributed by atoms with E-state index in [1.54, 1.807) is 12.1 Å². The van der Waals surface area contributed by atoms with Gasteiger partial charge in [0.25, 0.3) is 5.91 Å². The Bertz CT molecular complexity index is 830. The molecule has 2 aromatic carbocycles. The van der Waals surface area contributed by atoms with Gasteiger partial charge in [0.15, 0.2) is 6.61 Å². The summed E-state index contributed by atoms with van der Waals surface area (Å²) in [5.41, 5.74) is 1.95. The second-order valence-electron chi connectivity index (χ2n) is 5.42. The van der Waals surface area contributed by atoms with E-state index in [9.17, 15) is 22.8 Å². The number of carbonyl (C=O) groups is 2. The number of aryl methyl sites for hydroxylation is 1. The average molecular weight is 379 g/mol. The summed E-state index contributed by atoms with van der Waals surface area (Å²) in [5, 5.41) is 2.62. The molecule has 27 heavy (non-hydrogen) atoms. The van der Waals surface area contributed by atoms with E-state index >= 15 is 0 Å². The summed E-state index contributed by atoms with van der Waals surface area (Å²) in [4.78, 5) is 23.4. The molecular weight excluding hydrogens is 363 g/mol. The van der Waals surface area contributed by atoms with E-state index in [2.05, 4.69) is 10.1 Å². The van der Waals surface area contributed by atoms with Crippen LogP contribution in [0.1, 0.15) is 11.1 Å². The van der Waals surface area contributed by atoms with Crippen molar-refractivity contribution >= 4 is 23.6 Å². The van der Waals surface area contributed by atoms with E-state index in [0.29, 0.717) is 11.3 Å². The number of para-hydroxylation sites is 1. The Kier molecular flexibility index (Phi) is 6.59. The normalized spacial score (nSPS) is 11.3. The summed E-state index contributed by atoms with van der Waals surface area (Å²) in [5.74, 6) is -1.61. The Morgan fingerprint density at radius 3 is 2.37 bits per heavy atom. The minimum atomic E-state index is -4.76. The Morgan fingerprint density at radius 2 is 1.74 bits per heavy atom. The third-order valence-corrected chi connectivity index (χ3v) is 3.29. The fourth-order valence-corrected chi connectivity index (χ4v) is 2.03. The van der Waals surface area contributed by atoms with Crippen LogP contribution < -0.4 is 10.1 Å². The highest BCUT2D eigenvalue weighted by Gasteiger charge is 2.30. The largest absolute Gasteiger partial charge is 0.573 e. The Hall–Kier alpha value is -3.29. The molecule has 2 rings (SSSR count). The van der Waals surface area contributed by atoms with Gasteiger partial charge in [-0.05, 0) is 42.3 Å². The van der Waals surface area contributed by atoms with Gasteiger partial charge in [0.1, 0.15) is 5.75 Å². The summed E-state index contributed by atoms with van der Waals surface area (Å²) in [7, 11) is 0. The van der Waals surface area contributed by atoms with Crippen molar-refractivity contribution in [2.75, 3.05) is 11.9 Å². The van der Waals surface area contributed by atoms with Gasteiger partial charge in [-0.15, -0.1) is 13.2 Å². The van der Waals surface area contributed by atoms with Crippen LogP contribution in [0, 0.1) is 6.92 Å².